The van der Waals surface area contributed by atoms with E-state index in [-0.39, 0.29) is 28.7 Å². The molecule has 0 aromatic heterocycles. The average Bonchev–Trinajstić information content (AvgIpc) is 3.00. The Kier molecular flexibility index (Phi) is 9.32. The summed E-state index contributed by atoms with van der Waals surface area (Å²) >= 11 is 0. The topological polar surface area (TPSA) is 109 Å². The monoisotopic (exact) mass is 556 g/mol. The number of amides is 2. The summed E-state index contributed by atoms with van der Waals surface area (Å²) in [6.45, 7) is 1.25. The summed E-state index contributed by atoms with van der Waals surface area (Å²) < 4.78 is 25.0. The van der Waals surface area contributed by atoms with Crippen molar-refractivity contribution in [1.29, 1.82) is 0 Å². The van der Waals surface area contributed by atoms with Crippen LogP contribution >= 0.6 is 0 Å². The number of ether oxygens (including phenoxy) is 2. The molecule has 0 spiro atoms. The van der Waals surface area contributed by atoms with E-state index in [4.69, 9.17) is 15.9 Å². The second-order valence-corrected chi connectivity index (χ2v) is 9.28. The highest BCUT2D eigenvalue weighted by Gasteiger charge is 2.24. The first-order chi connectivity index (χ1) is 19.8. The number of hydrogen-bond acceptors (Lipinski definition) is 6. The van der Waals surface area contributed by atoms with Crippen molar-refractivity contribution < 1.29 is 28.2 Å². The molecule has 1 fully saturated rings. The Morgan fingerprint density at radius 3 is 2.32 bits per heavy atom. The van der Waals surface area contributed by atoms with E-state index < -0.39 is 17.6 Å². The fourth-order valence-electron chi connectivity index (χ4n) is 4.32. The van der Waals surface area contributed by atoms with Gasteiger partial charge in [0.2, 0.25) is 0 Å². The number of aliphatic imine (C=N–C) groups is 1. The van der Waals surface area contributed by atoms with Crippen molar-refractivity contribution in [3.05, 3.63) is 83.2 Å². The van der Waals surface area contributed by atoms with Crippen molar-refractivity contribution in [1.82, 2.24) is 4.90 Å². The van der Waals surface area contributed by atoms with E-state index in [0.717, 1.165) is 6.07 Å². The number of terminal acetylenes is 1. The molecule has 41 heavy (non-hydrogen) atoms. The van der Waals surface area contributed by atoms with Crippen LogP contribution in [0.3, 0.4) is 0 Å². The van der Waals surface area contributed by atoms with E-state index in [1.54, 1.807) is 36.7 Å². The largest absolute Gasteiger partial charge is 0.497 e. The second-order valence-electron chi connectivity index (χ2n) is 9.28. The molecule has 0 aliphatic carbocycles. The lowest BCUT2D eigenvalue weighted by Crippen LogP contribution is -2.35. The molecule has 1 saturated heterocycles. The van der Waals surface area contributed by atoms with Gasteiger partial charge in [-0.25, -0.2) is 9.38 Å². The van der Waals surface area contributed by atoms with Gasteiger partial charge in [0.05, 0.1) is 49.0 Å². The summed E-state index contributed by atoms with van der Waals surface area (Å²) in [5.41, 5.74) is 1.58. The predicted octanol–water partition coefficient (Wildman–Crippen LogP) is 4.87. The highest BCUT2D eigenvalue weighted by atomic mass is 19.1. The number of carbonyl (C=O) groups is 3. The molecule has 0 saturated carbocycles. The van der Waals surface area contributed by atoms with Crippen LogP contribution in [0.25, 0.3) is 0 Å². The quantitative estimate of drug-likeness (QED) is 0.177. The van der Waals surface area contributed by atoms with E-state index >= 15 is 0 Å². The van der Waals surface area contributed by atoms with Crippen LogP contribution in [-0.4, -0.2) is 56.3 Å². The van der Waals surface area contributed by atoms with Crippen LogP contribution in [0.1, 0.15) is 39.1 Å². The Labute approximate surface area is 237 Å². The smallest absolute Gasteiger partial charge is 0.308 e. The summed E-state index contributed by atoms with van der Waals surface area (Å²) in [7, 11) is 2.83. The van der Waals surface area contributed by atoms with Gasteiger partial charge in [0.15, 0.2) is 0 Å². The van der Waals surface area contributed by atoms with Crippen LogP contribution in [0.4, 0.5) is 21.5 Å². The molecule has 0 bridgehead atoms. The number of carbonyl (C=O) groups excluding carboxylic acids is 3. The van der Waals surface area contributed by atoms with Crippen molar-refractivity contribution in [2.75, 3.05) is 37.9 Å². The molecule has 0 unspecified atom stereocenters. The third-order valence-electron chi connectivity index (χ3n) is 6.66. The molecule has 4 rings (SSSR count). The van der Waals surface area contributed by atoms with Crippen molar-refractivity contribution >= 4 is 41.2 Å². The number of benzene rings is 3. The molecule has 2 amide bonds. The number of hydrogen-bond donors (Lipinski definition) is 2. The van der Waals surface area contributed by atoms with Crippen LogP contribution < -0.4 is 15.4 Å². The van der Waals surface area contributed by atoms with E-state index in [1.165, 1.54) is 38.5 Å². The maximum atomic E-state index is 15.0. The second kappa shape index (κ2) is 13.3. The standard InChI is InChI=1S/C31H29FN4O5/c1-4-20-5-7-22(8-6-20)34-30(38)26-18-24(40-2)10-12-28(26)35-29(37)25-11-9-23(17-27(25)32)33-19-36-15-13-21(14-16-36)31(39)41-3/h1,5-12,17-19,21H,13-16H2,2-3H3,(H,34,38)(H,35,37)/b33-19+. The Morgan fingerprint density at radius 1 is 0.976 bits per heavy atom. The summed E-state index contributed by atoms with van der Waals surface area (Å²) in [4.78, 5) is 44.0. The molecule has 1 heterocycles. The first kappa shape index (κ1) is 28.8. The van der Waals surface area contributed by atoms with Crippen molar-refractivity contribution in [3.8, 4) is 18.1 Å². The first-order valence-corrected chi connectivity index (χ1v) is 12.8. The lowest BCUT2D eigenvalue weighted by atomic mass is 9.97. The van der Waals surface area contributed by atoms with Crippen LogP contribution in [-0.2, 0) is 9.53 Å². The number of anilines is 2. The molecule has 0 atom stereocenters. The maximum absolute atomic E-state index is 15.0. The summed E-state index contributed by atoms with van der Waals surface area (Å²) in [6, 6.07) is 15.3. The lowest BCUT2D eigenvalue weighted by Gasteiger charge is -2.28. The molecule has 1 aliphatic rings. The number of methoxy groups -OCH3 is 2. The number of likely N-dealkylation sites (tertiary alicyclic amines) is 1. The molecule has 210 valence electrons. The molecule has 1 aliphatic heterocycles. The van der Waals surface area contributed by atoms with Gasteiger partial charge >= 0.3 is 5.97 Å². The van der Waals surface area contributed by atoms with Crippen LogP contribution in [0.15, 0.2) is 65.7 Å². The van der Waals surface area contributed by atoms with Crippen LogP contribution in [0, 0.1) is 24.1 Å². The minimum atomic E-state index is -0.769. The Hall–Kier alpha value is -5.17. The molecular weight excluding hydrogens is 527 g/mol. The Bertz CT molecular complexity index is 1510. The van der Waals surface area contributed by atoms with Crippen LogP contribution in [0.5, 0.6) is 5.75 Å². The SMILES string of the molecule is C#Cc1ccc(NC(=O)c2cc(OC)ccc2NC(=O)c2ccc(/N=C/N3CCC(C(=O)OC)CC3)cc2F)cc1. The van der Waals surface area contributed by atoms with Gasteiger partial charge in [0.25, 0.3) is 11.8 Å². The number of rotatable bonds is 8. The first-order valence-electron chi connectivity index (χ1n) is 12.8. The molecular formula is C31H29FN4O5. The zero-order valence-electron chi connectivity index (χ0n) is 22.6. The lowest BCUT2D eigenvalue weighted by molar-refractivity contribution is -0.146. The summed E-state index contributed by atoms with van der Waals surface area (Å²) in [5, 5.41) is 5.37. The zero-order chi connectivity index (χ0) is 29.4. The zero-order valence-corrected chi connectivity index (χ0v) is 22.6. The van der Waals surface area contributed by atoms with Gasteiger partial charge in [-0.15, -0.1) is 6.42 Å². The molecule has 9 nitrogen and oxygen atoms in total. The molecule has 3 aromatic rings. The van der Waals surface area contributed by atoms with E-state index in [0.29, 0.717) is 48.6 Å². The van der Waals surface area contributed by atoms with Gasteiger partial charge in [-0.2, -0.15) is 0 Å². The molecule has 10 heteroatoms. The predicted molar refractivity (Wildman–Crippen MR) is 154 cm³/mol. The van der Waals surface area contributed by atoms with Crippen molar-refractivity contribution in [2.45, 2.75) is 12.8 Å². The van der Waals surface area contributed by atoms with E-state index in [9.17, 15) is 18.8 Å². The van der Waals surface area contributed by atoms with Crippen molar-refractivity contribution in [2.24, 2.45) is 10.9 Å². The average molecular weight is 557 g/mol. The van der Waals surface area contributed by atoms with E-state index in [2.05, 4.69) is 21.5 Å². The Morgan fingerprint density at radius 2 is 1.68 bits per heavy atom. The van der Waals surface area contributed by atoms with Gasteiger partial charge in [-0.3, -0.25) is 14.4 Å². The fraction of sp³-hybridized carbons (Fsp3) is 0.226. The molecule has 0 radical (unpaired) electrons. The van der Waals surface area contributed by atoms with Gasteiger partial charge in [-0.1, -0.05) is 5.92 Å². The highest BCUT2D eigenvalue weighted by molar-refractivity contribution is 6.12. The minimum Gasteiger partial charge on any atom is -0.497 e. The Balaban J connectivity index is 1.44. The molecule has 2 N–H and O–H groups in total. The highest BCUT2D eigenvalue weighted by Crippen LogP contribution is 2.26. The number of nitrogens with one attached hydrogen (secondary N) is 2. The normalized spacial score (nSPS) is 13.4. The number of piperidine rings is 1. The van der Waals surface area contributed by atoms with Gasteiger partial charge in [-0.05, 0) is 67.4 Å². The number of esters is 1. The maximum Gasteiger partial charge on any atom is 0.308 e. The number of nitrogens with zero attached hydrogens (tertiary/aromatic N) is 2. The minimum absolute atomic E-state index is 0.122. The molecule has 3 aromatic carbocycles. The fourth-order valence-corrected chi connectivity index (χ4v) is 4.32. The van der Waals surface area contributed by atoms with Gasteiger partial charge in [0, 0.05) is 30.4 Å². The number of halogens is 1. The van der Waals surface area contributed by atoms with E-state index in [1.807, 2.05) is 4.90 Å². The summed E-state index contributed by atoms with van der Waals surface area (Å²) in [6.07, 6.45) is 8.28. The van der Waals surface area contributed by atoms with Crippen molar-refractivity contribution in [3.63, 3.8) is 0 Å². The van der Waals surface area contributed by atoms with Crippen LogP contribution in [0.2, 0.25) is 0 Å². The van der Waals surface area contributed by atoms with Gasteiger partial charge in [0.1, 0.15) is 11.6 Å². The third-order valence-corrected chi connectivity index (χ3v) is 6.66. The summed E-state index contributed by atoms with van der Waals surface area (Å²) in [5.74, 6) is 0.557. The third kappa shape index (κ3) is 7.28. The van der Waals surface area contributed by atoms with Gasteiger partial charge < -0.3 is 25.0 Å².